The second-order valence-electron chi connectivity index (χ2n) is 7.56. The third-order valence-corrected chi connectivity index (χ3v) is 5.45. The van der Waals surface area contributed by atoms with Crippen molar-refractivity contribution in [2.45, 2.75) is 6.54 Å². The van der Waals surface area contributed by atoms with Crippen LogP contribution in [0.2, 0.25) is 0 Å². The molecule has 0 atom stereocenters. The summed E-state index contributed by atoms with van der Waals surface area (Å²) in [6, 6.07) is 23.0. The zero-order chi connectivity index (χ0) is 21.9. The molecule has 3 aromatic rings. The molecular weight excluding hydrogens is 404 g/mol. The number of para-hydroxylation sites is 1. The van der Waals surface area contributed by atoms with E-state index in [9.17, 15) is 9.59 Å². The minimum atomic E-state index is -0.241. The molecule has 0 unspecified atom stereocenters. The van der Waals surface area contributed by atoms with Gasteiger partial charge in [-0.1, -0.05) is 42.5 Å². The van der Waals surface area contributed by atoms with Crippen molar-refractivity contribution in [1.29, 1.82) is 0 Å². The molecule has 2 aliphatic heterocycles. The molecule has 3 aromatic carbocycles. The summed E-state index contributed by atoms with van der Waals surface area (Å²) in [5.41, 5.74) is 4.40. The molecule has 0 aliphatic carbocycles. The first-order valence-electron chi connectivity index (χ1n) is 10.4. The highest BCUT2D eigenvalue weighted by molar-refractivity contribution is 6.13. The first-order chi connectivity index (χ1) is 15.7. The SMILES string of the molecule is O=C(NCC1=CNCO1)c1ccc2c(c1)NC(=O)c1ccccc1N2Cc1ccccc1. The van der Waals surface area contributed by atoms with E-state index in [2.05, 4.69) is 33.0 Å². The quantitative estimate of drug-likeness (QED) is 0.579. The molecule has 0 saturated heterocycles. The molecule has 32 heavy (non-hydrogen) atoms. The molecule has 0 aromatic heterocycles. The van der Waals surface area contributed by atoms with Gasteiger partial charge in [0, 0.05) is 18.3 Å². The van der Waals surface area contributed by atoms with Gasteiger partial charge in [0.2, 0.25) is 0 Å². The lowest BCUT2D eigenvalue weighted by molar-refractivity contribution is 0.0947. The fourth-order valence-electron chi connectivity index (χ4n) is 3.87. The molecule has 2 heterocycles. The smallest absolute Gasteiger partial charge is 0.257 e. The maximum absolute atomic E-state index is 13.0. The average molecular weight is 426 g/mol. The molecule has 0 spiro atoms. The second kappa shape index (κ2) is 8.47. The van der Waals surface area contributed by atoms with Crippen LogP contribution in [0.4, 0.5) is 17.1 Å². The highest BCUT2D eigenvalue weighted by Crippen LogP contribution is 2.39. The van der Waals surface area contributed by atoms with Crippen LogP contribution >= 0.6 is 0 Å². The Morgan fingerprint density at radius 1 is 1.00 bits per heavy atom. The van der Waals surface area contributed by atoms with E-state index in [0.29, 0.717) is 42.4 Å². The van der Waals surface area contributed by atoms with Crippen molar-refractivity contribution in [2.24, 2.45) is 0 Å². The number of hydrogen-bond acceptors (Lipinski definition) is 5. The first-order valence-corrected chi connectivity index (χ1v) is 10.4. The molecular formula is C25H22N4O3. The fourth-order valence-corrected chi connectivity index (χ4v) is 3.87. The molecule has 7 heteroatoms. The number of benzene rings is 3. The lowest BCUT2D eigenvalue weighted by Crippen LogP contribution is -2.26. The minimum Gasteiger partial charge on any atom is -0.474 e. The van der Waals surface area contributed by atoms with Crippen molar-refractivity contribution in [2.75, 3.05) is 23.5 Å². The van der Waals surface area contributed by atoms with Crippen LogP contribution in [0.1, 0.15) is 26.3 Å². The van der Waals surface area contributed by atoms with E-state index in [1.165, 1.54) is 0 Å². The van der Waals surface area contributed by atoms with Crippen molar-refractivity contribution in [3.05, 3.63) is 101 Å². The summed E-state index contributed by atoms with van der Waals surface area (Å²) in [5.74, 6) is 0.228. The Kier molecular flexibility index (Phi) is 5.21. The van der Waals surface area contributed by atoms with Crippen molar-refractivity contribution in [3.8, 4) is 0 Å². The molecule has 160 valence electrons. The van der Waals surface area contributed by atoms with Gasteiger partial charge in [-0.3, -0.25) is 9.59 Å². The largest absolute Gasteiger partial charge is 0.474 e. The standard InChI is InChI=1S/C25H22N4O3/c30-24(27-14-19-13-26-16-32-19)18-10-11-23-21(12-18)28-25(31)20-8-4-5-9-22(20)29(23)15-17-6-2-1-3-7-17/h1-13,26H,14-16H2,(H,27,30)(H,28,31). The molecule has 0 saturated carbocycles. The van der Waals surface area contributed by atoms with Crippen LogP contribution in [0.5, 0.6) is 0 Å². The molecule has 3 N–H and O–H groups in total. The summed E-state index contributed by atoms with van der Waals surface area (Å²) in [7, 11) is 0. The summed E-state index contributed by atoms with van der Waals surface area (Å²) in [6.45, 7) is 1.29. The molecule has 2 aliphatic rings. The van der Waals surface area contributed by atoms with Crippen molar-refractivity contribution in [3.63, 3.8) is 0 Å². The number of amides is 2. The van der Waals surface area contributed by atoms with Crippen LogP contribution in [0, 0.1) is 0 Å². The predicted molar refractivity (Wildman–Crippen MR) is 123 cm³/mol. The van der Waals surface area contributed by atoms with E-state index < -0.39 is 0 Å². The van der Waals surface area contributed by atoms with Crippen molar-refractivity contribution < 1.29 is 14.3 Å². The topological polar surface area (TPSA) is 82.7 Å². The van der Waals surface area contributed by atoms with Gasteiger partial charge in [0.05, 0.1) is 29.2 Å². The molecule has 0 fully saturated rings. The fraction of sp³-hybridized carbons (Fsp3) is 0.120. The van der Waals surface area contributed by atoms with E-state index in [0.717, 1.165) is 16.9 Å². The van der Waals surface area contributed by atoms with Gasteiger partial charge in [0.25, 0.3) is 11.8 Å². The summed E-state index contributed by atoms with van der Waals surface area (Å²) in [5, 5.41) is 8.76. The maximum atomic E-state index is 13.0. The normalized spacial score (nSPS) is 14.2. The minimum absolute atomic E-state index is 0.203. The van der Waals surface area contributed by atoms with E-state index in [4.69, 9.17) is 4.74 Å². The lowest BCUT2D eigenvalue weighted by Gasteiger charge is -2.26. The van der Waals surface area contributed by atoms with Gasteiger partial charge in [-0.05, 0) is 35.9 Å². The molecule has 0 radical (unpaired) electrons. The zero-order valence-electron chi connectivity index (χ0n) is 17.3. The number of carbonyl (C=O) groups is 2. The molecule has 2 amide bonds. The Morgan fingerprint density at radius 2 is 1.81 bits per heavy atom. The summed E-state index contributed by atoms with van der Waals surface area (Å²) in [6.07, 6.45) is 1.73. The Bertz CT molecular complexity index is 1210. The average Bonchev–Trinajstić information content (AvgIpc) is 3.32. The number of anilines is 3. The van der Waals surface area contributed by atoms with Gasteiger partial charge in [-0.15, -0.1) is 0 Å². The van der Waals surface area contributed by atoms with E-state index in [1.807, 2.05) is 48.5 Å². The zero-order valence-corrected chi connectivity index (χ0v) is 17.3. The number of nitrogens with zero attached hydrogens (tertiary/aromatic N) is 1. The number of carbonyl (C=O) groups excluding carboxylic acids is 2. The highest BCUT2D eigenvalue weighted by atomic mass is 16.5. The summed E-state index contributed by atoms with van der Waals surface area (Å²) < 4.78 is 5.34. The first kappa shape index (κ1) is 19.7. The Hall–Kier alpha value is -4.26. The summed E-state index contributed by atoms with van der Waals surface area (Å²) in [4.78, 5) is 27.8. The van der Waals surface area contributed by atoms with Crippen LogP contribution in [-0.4, -0.2) is 25.1 Å². The Morgan fingerprint density at radius 3 is 2.62 bits per heavy atom. The van der Waals surface area contributed by atoms with E-state index in [1.54, 1.807) is 18.3 Å². The Balaban J connectivity index is 1.49. The van der Waals surface area contributed by atoms with Crippen LogP contribution in [0.25, 0.3) is 0 Å². The number of rotatable bonds is 5. The lowest BCUT2D eigenvalue weighted by atomic mass is 10.1. The number of hydrogen-bond donors (Lipinski definition) is 3. The van der Waals surface area contributed by atoms with Gasteiger partial charge in [-0.2, -0.15) is 0 Å². The molecule has 0 bridgehead atoms. The third kappa shape index (κ3) is 3.88. The van der Waals surface area contributed by atoms with Gasteiger partial charge in [0.15, 0.2) is 6.73 Å². The molecule has 7 nitrogen and oxygen atoms in total. The van der Waals surface area contributed by atoms with Gasteiger partial charge < -0.3 is 25.6 Å². The second-order valence-corrected chi connectivity index (χ2v) is 7.56. The predicted octanol–water partition coefficient (Wildman–Crippen LogP) is 3.74. The summed E-state index contributed by atoms with van der Waals surface area (Å²) >= 11 is 0. The maximum Gasteiger partial charge on any atom is 0.257 e. The highest BCUT2D eigenvalue weighted by Gasteiger charge is 2.26. The number of nitrogens with one attached hydrogen (secondary N) is 3. The van der Waals surface area contributed by atoms with Crippen LogP contribution < -0.4 is 20.9 Å². The van der Waals surface area contributed by atoms with Crippen LogP contribution in [0.3, 0.4) is 0 Å². The Labute approximate surface area is 185 Å². The number of ether oxygens (including phenoxy) is 1. The van der Waals surface area contributed by atoms with E-state index >= 15 is 0 Å². The van der Waals surface area contributed by atoms with Gasteiger partial charge in [0.1, 0.15) is 5.76 Å². The third-order valence-electron chi connectivity index (χ3n) is 5.45. The van der Waals surface area contributed by atoms with Crippen LogP contribution in [0.15, 0.2) is 84.8 Å². The van der Waals surface area contributed by atoms with Crippen molar-refractivity contribution in [1.82, 2.24) is 10.6 Å². The molecule has 5 rings (SSSR count). The van der Waals surface area contributed by atoms with Crippen LogP contribution in [-0.2, 0) is 11.3 Å². The van der Waals surface area contributed by atoms with Crippen molar-refractivity contribution >= 4 is 28.9 Å². The monoisotopic (exact) mass is 426 g/mol. The van der Waals surface area contributed by atoms with Gasteiger partial charge in [-0.25, -0.2) is 0 Å². The number of fused-ring (bicyclic) bond motifs is 2. The van der Waals surface area contributed by atoms with E-state index in [-0.39, 0.29) is 11.8 Å². The van der Waals surface area contributed by atoms with Gasteiger partial charge >= 0.3 is 0 Å².